The van der Waals surface area contributed by atoms with Gasteiger partial charge in [-0.1, -0.05) is 24.3 Å². The number of rotatable bonds is 0. The summed E-state index contributed by atoms with van der Waals surface area (Å²) in [5.74, 6) is 0.991. The van der Waals surface area contributed by atoms with Crippen LogP contribution in [-0.2, 0) is 21.8 Å². The summed E-state index contributed by atoms with van der Waals surface area (Å²) in [6, 6.07) is 8.03. The zero-order chi connectivity index (χ0) is 8.81. The molecule has 0 atom stereocenters. The van der Waals surface area contributed by atoms with E-state index >= 15 is 0 Å². The SMILES string of the molecule is C1=Cc2ccccc2OC1.[La].[O]=[Ru].[SrH2]. The number of para-hydroxylation sites is 1. The van der Waals surface area contributed by atoms with Crippen LogP contribution in [0.15, 0.2) is 30.3 Å². The Balaban J connectivity index is 0. The van der Waals surface area contributed by atoms with Crippen molar-refractivity contribution in [3.05, 3.63) is 35.9 Å². The average Bonchev–Trinajstić information content (AvgIpc) is 2.21. The summed E-state index contributed by atoms with van der Waals surface area (Å²) in [5, 5.41) is 0. The van der Waals surface area contributed by atoms with E-state index in [-0.39, 0.29) is 81.1 Å². The molecule has 0 fully saturated rings. The molecule has 1 aromatic carbocycles. The zero-order valence-electron chi connectivity index (χ0n) is 6.92. The van der Waals surface area contributed by atoms with Gasteiger partial charge in [0.25, 0.3) is 0 Å². The van der Waals surface area contributed by atoms with E-state index in [1.165, 1.54) is 5.56 Å². The van der Waals surface area contributed by atoms with Crippen LogP contribution in [0.4, 0.5) is 0 Å². The molecule has 0 aliphatic carbocycles. The summed E-state index contributed by atoms with van der Waals surface area (Å²) >= 11 is 1.10. The first-order valence-electron chi connectivity index (χ1n) is 3.49. The Morgan fingerprint density at radius 1 is 1.21 bits per heavy atom. The third kappa shape index (κ3) is 5.81. The van der Waals surface area contributed by atoms with Crippen molar-refractivity contribution in [3.8, 4) is 5.75 Å². The molecule has 0 amide bonds. The number of hydrogen-bond acceptors (Lipinski definition) is 2. The first-order valence-corrected chi connectivity index (χ1v) is 4.20. The number of fused-ring (bicyclic) bond motifs is 1. The predicted octanol–water partition coefficient (Wildman–Crippen LogP) is 1.05. The second kappa shape index (κ2) is 11.3. The van der Waals surface area contributed by atoms with Crippen LogP contribution < -0.4 is 4.74 Å². The molecular weight excluding hydrogens is 468 g/mol. The topological polar surface area (TPSA) is 26.3 Å². The molecule has 1 heterocycles. The van der Waals surface area contributed by atoms with Gasteiger partial charge in [0, 0.05) is 41.2 Å². The van der Waals surface area contributed by atoms with Gasteiger partial charge in [-0.25, -0.2) is 0 Å². The molecule has 2 rings (SSSR count). The van der Waals surface area contributed by atoms with E-state index < -0.39 is 0 Å². The summed E-state index contributed by atoms with van der Waals surface area (Å²) in [7, 11) is 0. The minimum absolute atomic E-state index is 0. The van der Waals surface area contributed by atoms with Gasteiger partial charge in [0.15, 0.2) is 0 Å². The average molecular weight is 478 g/mol. The molecule has 1 aliphatic rings. The van der Waals surface area contributed by atoms with Gasteiger partial charge in [0.05, 0.1) is 0 Å². The molecule has 0 N–H and O–H groups in total. The predicted molar refractivity (Wildman–Crippen MR) is 50.2 cm³/mol. The van der Waals surface area contributed by atoms with Gasteiger partial charge >= 0.3 is 67.3 Å². The summed E-state index contributed by atoms with van der Waals surface area (Å²) in [6.07, 6.45) is 4.10. The van der Waals surface area contributed by atoms with Gasteiger partial charge < -0.3 is 4.74 Å². The molecule has 1 radical (unpaired) electrons. The molecule has 1 aliphatic heterocycles. The summed E-state index contributed by atoms with van der Waals surface area (Å²) in [5.41, 5.74) is 1.17. The first-order chi connectivity index (χ1) is 5.97. The molecule has 0 aromatic heterocycles. The Morgan fingerprint density at radius 3 is 2.50 bits per heavy atom. The number of ether oxygens (including phenoxy) is 1. The molecule has 0 spiro atoms. The van der Waals surface area contributed by atoms with Crippen LogP contribution in [0.1, 0.15) is 5.56 Å². The van der Waals surface area contributed by atoms with Crippen molar-refractivity contribution in [2.24, 2.45) is 0 Å². The van der Waals surface area contributed by atoms with E-state index in [0.29, 0.717) is 6.61 Å². The zero-order valence-corrected chi connectivity index (χ0v) is 12.3. The van der Waals surface area contributed by atoms with Gasteiger partial charge in [-0.15, -0.1) is 0 Å². The Bertz CT molecular complexity index is 294. The van der Waals surface area contributed by atoms with Crippen LogP contribution >= 0.6 is 0 Å². The van der Waals surface area contributed by atoms with E-state index in [4.69, 9.17) is 8.31 Å². The molecule has 14 heavy (non-hydrogen) atoms. The molecule has 2 nitrogen and oxygen atoms in total. The van der Waals surface area contributed by atoms with Crippen molar-refractivity contribution >= 4 is 51.6 Å². The first kappa shape index (κ1) is 18.2. The Hall–Kier alpha value is 1.86. The Labute approximate surface area is 159 Å². The third-order valence-electron chi connectivity index (χ3n) is 1.55. The van der Waals surface area contributed by atoms with E-state index in [0.717, 1.165) is 24.0 Å². The summed E-state index contributed by atoms with van der Waals surface area (Å²) in [6.45, 7) is 0.705. The van der Waals surface area contributed by atoms with Crippen LogP contribution in [0.2, 0.25) is 0 Å². The van der Waals surface area contributed by atoms with E-state index in [2.05, 4.69) is 6.08 Å². The van der Waals surface area contributed by atoms with Crippen LogP contribution in [0, 0.1) is 35.6 Å². The van der Waals surface area contributed by atoms with Crippen LogP contribution in [0.5, 0.6) is 5.75 Å². The minimum atomic E-state index is 0. The van der Waals surface area contributed by atoms with Crippen molar-refractivity contribution in [2.45, 2.75) is 0 Å². The number of benzene rings is 1. The molecule has 1 aromatic rings. The standard InChI is InChI=1S/C9H8O.La.O.Ru.Sr.2H/c1-2-6-9-8(4-1)5-3-7-10-9;;;;;;/h1-6H,7H2;;;;;;. The van der Waals surface area contributed by atoms with Gasteiger partial charge in [-0.05, 0) is 12.1 Å². The van der Waals surface area contributed by atoms with Crippen molar-refractivity contribution in [3.63, 3.8) is 0 Å². The van der Waals surface area contributed by atoms with Crippen molar-refractivity contribution in [2.75, 3.05) is 6.61 Å². The number of hydrogen-bond donors (Lipinski definition) is 0. The van der Waals surface area contributed by atoms with E-state index in [1.54, 1.807) is 0 Å². The van der Waals surface area contributed by atoms with Crippen molar-refractivity contribution in [1.29, 1.82) is 0 Å². The van der Waals surface area contributed by atoms with E-state index in [9.17, 15) is 0 Å². The fourth-order valence-corrected chi connectivity index (χ4v) is 1.06. The fourth-order valence-electron chi connectivity index (χ4n) is 1.06. The van der Waals surface area contributed by atoms with E-state index in [1.807, 2.05) is 30.3 Å². The molecule has 0 bridgehead atoms. The van der Waals surface area contributed by atoms with Gasteiger partial charge in [-0.2, -0.15) is 0 Å². The molecule has 0 unspecified atom stereocenters. The maximum absolute atomic E-state index is 8.18. The van der Waals surface area contributed by atoms with Gasteiger partial charge in [-0.3, -0.25) is 0 Å². The monoisotopic (exact) mass is 479 g/mol. The van der Waals surface area contributed by atoms with Crippen LogP contribution in [0.25, 0.3) is 6.08 Å². The van der Waals surface area contributed by atoms with Crippen molar-refractivity contribution in [1.82, 2.24) is 0 Å². The molecule has 71 valence electrons. The normalized spacial score (nSPS) is 10.4. The molecule has 0 saturated carbocycles. The second-order valence-corrected chi connectivity index (χ2v) is 2.25. The fraction of sp³-hybridized carbons (Fsp3) is 0.111. The van der Waals surface area contributed by atoms with Crippen molar-refractivity contribution < 1.29 is 62.2 Å². The quantitative estimate of drug-likeness (QED) is 0.523. The maximum atomic E-state index is 8.18. The van der Waals surface area contributed by atoms with Gasteiger partial charge in [0.2, 0.25) is 0 Å². The Morgan fingerprint density at radius 2 is 1.86 bits per heavy atom. The van der Waals surface area contributed by atoms with Gasteiger partial charge in [0.1, 0.15) is 12.4 Å². The van der Waals surface area contributed by atoms with Crippen LogP contribution in [-0.4, -0.2) is 52.1 Å². The molecule has 0 saturated heterocycles. The second-order valence-electron chi connectivity index (χ2n) is 2.25. The Kier molecular flexibility index (Phi) is 14.8. The molecular formula is C9H10LaO2RuSr. The summed E-state index contributed by atoms with van der Waals surface area (Å²) < 4.78 is 13.5. The third-order valence-corrected chi connectivity index (χ3v) is 1.55. The summed E-state index contributed by atoms with van der Waals surface area (Å²) in [4.78, 5) is 0. The molecule has 5 heteroatoms. The van der Waals surface area contributed by atoms with Crippen LogP contribution in [0.3, 0.4) is 0 Å².